The van der Waals surface area contributed by atoms with Crippen LogP contribution in [0.1, 0.15) is 27.0 Å². The van der Waals surface area contributed by atoms with Gasteiger partial charge in [-0.15, -0.1) is 0 Å². The monoisotopic (exact) mass is 349 g/mol. The van der Waals surface area contributed by atoms with Gasteiger partial charge in [0.25, 0.3) is 0 Å². The third kappa shape index (κ3) is 2.11. The lowest BCUT2D eigenvalue weighted by Gasteiger charge is -2.49. The molecule has 130 valence electrons. The van der Waals surface area contributed by atoms with E-state index in [1.165, 1.54) is 12.1 Å². The van der Waals surface area contributed by atoms with E-state index in [0.29, 0.717) is 11.1 Å². The zero-order chi connectivity index (χ0) is 18.0. The molecule has 0 saturated heterocycles. The van der Waals surface area contributed by atoms with Crippen molar-refractivity contribution in [1.29, 1.82) is 0 Å². The maximum absolute atomic E-state index is 14.0. The second-order valence-electron chi connectivity index (χ2n) is 6.24. The van der Waals surface area contributed by atoms with Crippen molar-refractivity contribution in [2.45, 2.75) is 32.5 Å². The Morgan fingerprint density at radius 3 is 2.56 bits per heavy atom. The van der Waals surface area contributed by atoms with E-state index in [2.05, 4.69) is 0 Å². The van der Waals surface area contributed by atoms with Gasteiger partial charge in [-0.25, -0.2) is 4.79 Å². The zero-order valence-corrected chi connectivity index (χ0v) is 13.5. The number of para-hydroxylation sites is 1. The molecule has 0 fully saturated rings. The van der Waals surface area contributed by atoms with Crippen LogP contribution in [0.5, 0.6) is 5.75 Å². The van der Waals surface area contributed by atoms with Gasteiger partial charge in [-0.3, -0.25) is 4.90 Å². The Kier molecular flexibility index (Phi) is 3.10. The molecule has 0 aliphatic carbocycles. The maximum atomic E-state index is 14.0. The first-order valence-electron chi connectivity index (χ1n) is 7.69. The molecule has 2 heterocycles. The molecule has 0 spiro atoms. The van der Waals surface area contributed by atoms with Crippen molar-refractivity contribution in [3.05, 3.63) is 58.7 Å². The average Bonchev–Trinajstić information content (AvgIpc) is 2.53. The topological polar surface area (TPSA) is 38.8 Å². The Bertz CT molecular complexity index is 894. The lowest BCUT2D eigenvalue weighted by atomic mass is 10.0. The SMILES string of the molecule is Cc1cc(C)c2c(c1)CN1c3ccccc3C(=O)O[C@]1(C(F)(F)F)O2. The summed E-state index contributed by atoms with van der Waals surface area (Å²) in [6.45, 7) is 3.45. The molecule has 2 aromatic carbocycles. The highest BCUT2D eigenvalue weighted by Gasteiger charge is 2.70. The molecule has 0 radical (unpaired) electrons. The lowest BCUT2D eigenvalue weighted by molar-refractivity contribution is -0.337. The largest absolute Gasteiger partial charge is 0.492 e. The number of fused-ring (bicyclic) bond motifs is 4. The summed E-state index contributed by atoms with van der Waals surface area (Å²) in [6.07, 6.45) is -4.94. The normalized spacial score (nSPS) is 21.6. The van der Waals surface area contributed by atoms with Gasteiger partial charge in [0.2, 0.25) is 0 Å². The van der Waals surface area contributed by atoms with E-state index in [4.69, 9.17) is 9.47 Å². The average molecular weight is 349 g/mol. The van der Waals surface area contributed by atoms with Gasteiger partial charge >= 0.3 is 18.1 Å². The lowest BCUT2D eigenvalue weighted by Crippen LogP contribution is -2.69. The van der Waals surface area contributed by atoms with Gasteiger partial charge in [0.1, 0.15) is 5.75 Å². The number of nitrogens with zero attached hydrogens (tertiary/aromatic N) is 1. The fraction of sp³-hybridized carbons (Fsp3) is 0.278. The second kappa shape index (κ2) is 4.91. The Balaban J connectivity index is 1.98. The van der Waals surface area contributed by atoms with E-state index in [0.717, 1.165) is 10.5 Å². The summed E-state index contributed by atoms with van der Waals surface area (Å²) in [5, 5.41) is 0. The summed E-state index contributed by atoms with van der Waals surface area (Å²) < 4.78 is 52.2. The number of alkyl halides is 3. The number of halogens is 3. The number of anilines is 1. The Morgan fingerprint density at radius 1 is 1.12 bits per heavy atom. The first-order chi connectivity index (χ1) is 11.7. The quantitative estimate of drug-likeness (QED) is 0.672. The van der Waals surface area contributed by atoms with Crippen LogP contribution in [0.4, 0.5) is 18.9 Å². The number of aryl methyl sites for hydroxylation is 2. The minimum absolute atomic E-state index is 0.0817. The molecule has 4 rings (SSSR count). The van der Waals surface area contributed by atoms with Gasteiger partial charge in [-0.2, -0.15) is 13.2 Å². The van der Waals surface area contributed by atoms with Gasteiger partial charge in [-0.1, -0.05) is 29.8 Å². The molecule has 0 bridgehead atoms. The minimum atomic E-state index is -4.94. The van der Waals surface area contributed by atoms with Crippen LogP contribution in [0.3, 0.4) is 0 Å². The van der Waals surface area contributed by atoms with Crippen LogP contribution in [0.25, 0.3) is 0 Å². The number of carbonyl (C=O) groups is 1. The summed E-state index contributed by atoms with van der Waals surface area (Å²) in [5.41, 5.74) is 2.32. The molecule has 7 heteroatoms. The molecule has 0 N–H and O–H groups in total. The maximum Gasteiger partial charge on any atom is 0.492 e. The predicted molar refractivity (Wildman–Crippen MR) is 83.4 cm³/mol. The number of hydrogen-bond acceptors (Lipinski definition) is 4. The fourth-order valence-corrected chi connectivity index (χ4v) is 3.42. The summed E-state index contributed by atoms with van der Waals surface area (Å²) >= 11 is 0. The highest BCUT2D eigenvalue weighted by molar-refractivity contribution is 5.98. The molecule has 0 aromatic heterocycles. The molecule has 2 aliphatic rings. The smallest absolute Gasteiger partial charge is 0.428 e. The van der Waals surface area contributed by atoms with Crippen LogP contribution < -0.4 is 9.64 Å². The number of ether oxygens (including phenoxy) is 2. The third-order valence-electron chi connectivity index (χ3n) is 4.42. The number of rotatable bonds is 0. The van der Waals surface area contributed by atoms with Gasteiger partial charge in [0.15, 0.2) is 0 Å². The first kappa shape index (κ1) is 15.8. The van der Waals surface area contributed by atoms with Crippen molar-refractivity contribution in [3.63, 3.8) is 0 Å². The fourth-order valence-electron chi connectivity index (χ4n) is 3.42. The zero-order valence-electron chi connectivity index (χ0n) is 13.5. The molecule has 0 unspecified atom stereocenters. The minimum Gasteiger partial charge on any atom is -0.428 e. The molecule has 4 nitrogen and oxygen atoms in total. The molecule has 0 saturated carbocycles. The van der Waals surface area contributed by atoms with Gasteiger partial charge < -0.3 is 9.47 Å². The first-order valence-corrected chi connectivity index (χ1v) is 7.69. The molecule has 25 heavy (non-hydrogen) atoms. The molecule has 2 aromatic rings. The van der Waals surface area contributed by atoms with Crippen LogP contribution >= 0.6 is 0 Å². The Hall–Kier alpha value is -2.70. The van der Waals surface area contributed by atoms with Gasteiger partial charge in [0.05, 0.1) is 17.8 Å². The number of esters is 1. The summed E-state index contributed by atoms with van der Waals surface area (Å²) in [6, 6.07) is 9.57. The van der Waals surface area contributed by atoms with Crippen molar-refractivity contribution < 1.29 is 27.4 Å². The molecule has 2 aliphatic heterocycles. The summed E-state index contributed by atoms with van der Waals surface area (Å²) in [5.74, 6) is -4.12. The van der Waals surface area contributed by atoms with E-state index < -0.39 is 18.1 Å². The van der Waals surface area contributed by atoms with E-state index in [9.17, 15) is 18.0 Å². The summed E-state index contributed by atoms with van der Waals surface area (Å²) in [4.78, 5) is 13.2. The van der Waals surface area contributed by atoms with E-state index in [1.54, 1.807) is 31.2 Å². The summed E-state index contributed by atoms with van der Waals surface area (Å²) in [7, 11) is 0. The van der Waals surface area contributed by atoms with Crippen LogP contribution in [0.15, 0.2) is 36.4 Å². The number of hydrogen-bond donors (Lipinski definition) is 0. The highest BCUT2D eigenvalue weighted by atomic mass is 19.4. The predicted octanol–water partition coefficient (Wildman–Crippen LogP) is 4.09. The van der Waals surface area contributed by atoms with E-state index in [1.807, 2.05) is 6.92 Å². The van der Waals surface area contributed by atoms with Gasteiger partial charge in [0, 0.05) is 5.56 Å². The van der Waals surface area contributed by atoms with E-state index in [-0.39, 0.29) is 23.5 Å². The number of carbonyl (C=O) groups excluding carboxylic acids is 1. The van der Waals surface area contributed by atoms with Crippen LogP contribution in [-0.2, 0) is 11.3 Å². The molecule has 1 atom stereocenters. The van der Waals surface area contributed by atoms with E-state index >= 15 is 0 Å². The molecule has 0 amide bonds. The van der Waals surface area contributed by atoms with Gasteiger partial charge in [-0.05, 0) is 31.5 Å². The molecular weight excluding hydrogens is 335 g/mol. The number of benzene rings is 2. The van der Waals surface area contributed by atoms with Crippen molar-refractivity contribution >= 4 is 11.7 Å². The van der Waals surface area contributed by atoms with Crippen LogP contribution in [0.2, 0.25) is 0 Å². The Labute approximate surface area is 141 Å². The van der Waals surface area contributed by atoms with Crippen LogP contribution in [-0.4, -0.2) is 18.1 Å². The standard InChI is InChI=1S/C18H14F3NO3/c1-10-7-11(2)15-12(8-10)9-22-14-6-4-3-5-13(14)16(23)25-18(22,24-15)17(19,20)21/h3-8H,9H2,1-2H3/t18-/m0/s1. The Morgan fingerprint density at radius 2 is 1.84 bits per heavy atom. The van der Waals surface area contributed by atoms with Crippen molar-refractivity contribution in [2.24, 2.45) is 0 Å². The van der Waals surface area contributed by atoms with Crippen LogP contribution in [0, 0.1) is 13.8 Å². The highest BCUT2D eigenvalue weighted by Crippen LogP contribution is 2.50. The van der Waals surface area contributed by atoms with Crippen molar-refractivity contribution in [1.82, 2.24) is 0 Å². The van der Waals surface area contributed by atoms with Crippen molar-refractivity contribution in [2.75, 3.05) is 4.90 Å². The molecular formula is C18H14F3NO3. The third-order valence-corrected chi connectivity index (χ3v) is 4.42. The van der Waals surface area contributed by atoms with Crippen molar-refractivity contribution in [3.8, 4) is 5.75 Å². The second-order valence-corrected chi connectivity index (χ2v) is 6.24.